The van der Waals surface area contributed by atoms with Crippen LogP contribution in [-0.4, -0.2) is 21.1 Å². The largest absolute Gasteiger partial charge is 0.368 e. The first-order valence-corrected chi connectivity index (χ1v) is 8.24. The van der Waals surface area contributed by atoms with Crippen molar-refractivity contribution in [2.24, 2.45) is 0 Å². The van der Waals surface area contributed by atoms with Gasteiger partial charge in [-0.1, -0.05) is 30.3 Å². The molecule has 0 spiro atoms. The van der Waals surface area contributed by atoms with Gasteiger partial charge in [-0.05, 0) is 43.7 Å². The number of benzene rings is 2. The molecule has 4 rings (SSSR count). The van der Waals surface area contributed by atoms with Gasteiger partial charge in [0.05, 0.1) is 16.6 Å². The topological polar surface area (TPSA) is 42.7 Å². The summed E-state index contributed by atoms with van der Waals surface area (Å²) in [6, 6.07) is 18.6. The lowest BCUT2D eigenvalue weighted by Crippen LogP contribution is -2.12. The average molecular weight is 316 g/mol. The predicted octanol–water partition coefficient (Wildman–Crippen LogP) is 4.31. The number of fused-ring (bicyclic) bond motifs is 2. The summed E-state index contributed by atoms with van der Waals surface area (Å²) < 4.78 is 2.25. The van der Waals surface area contributed by atoms with Crippen LogP contribution in [0.3, 0.4) is 0 Å². The summed E-state index contributed by atoms with van der Waals surface area (Å²) in [7, 11) is 0. The zero-order valence-electron chi connectivity index (χ0n) is 14.0. The Kier molecular flexibility index (Phi) is 3.65. The fraction of sp³-hybridized carbons (Fsp3) is 0.200. The summed E-state index contributed by atoms with van der Waals surface area (Å²) in [6.07, 6.45) is 0. The van der Waals surface area contributed by atoms with Crippen LogP contribution in [0.4, 0.5) is 5.82 Å². The molecule has 0 unspecified atom stereocenters. The van der Waals surface area contributed by atoms with Crippen molar-refractivity contribution in [3.63, 3.8) is 0 Å². The summed E-state index contributed by atoms with van der Waals surface area (Å²) >= 11 is 0. The lowest BCUT2D eigenvalue weighted by molar-refractivity contribution is 0.720. The molecule has 0 aliphatic carbocycles. The van der Waals surface area contributed by atoms with Crippen molar-refractivity contribution in [3.8, 4) is 0 Å². The van der Waals surface area contributed by atoms with E-state index in [9.17, 15) is 0 Å². The third-order valence-electron chi connectivity index (χ3n) is 4.41. The van der Waals surface area contributed by atoms with Crippen molar-refractivity contribution in [1.29, 1.82) is 0 Å². The molecule has 0 amide bonds. The number of imidazole rings is 1. The maximum absolute atomic E-state index is 4.70. The zero-order valence-corrected chi connectivity index (χ0v) is 14.0. The van der Waals surface area contributed by atoms with E-state index < -0.39 is 0 Å². The van der Waals surface area contributed by atoms with Gasteiger partial charge in [0.2, 0.25) is 0 Å². The number of rotatable bonds is 4. The van der Waals surface area contributed by atoms with Gasteiger partial charge < -0.3 is 9.88 Å². The highest BCUT2D eigenvalue weighted by Crippen LogP contribution is 2.20. The van der Waals surface area contributed by atoms with Gasteiger partial charge in [0.1, 0.15) is 11.6 Å². The smallest absolute Gasteiger partial charge is 0.126 e. The predicted molar refractivity (Wildman–Crippen MR) is 99.4 cm³/mol. The van der Waals surface area contributed by atoms with Crippen molar-refractivity contribution in [1.82, 2.24) is 14.5 Å². The van der Waals surface area contributed by atoms with Crippen molar-refractivity contribution in [3.05, 3.63) is 66.0 Å². The first-order chi connectivity index (χ1) is 11.7. The van der Waals surface area contributed by atoms with Gasteiger partial charge in [-0.15, -0.1) is 0 Å². The van der Waals surface area contributed by atoms with Crippen molar-refractivity contribution >= 4 is 27.8 Å². The van der Waals surface area contributed by atoms with Crippen LogP contribution in [0.15, 0.2) is 54.6 Å². The van der Waals surface area contributed by atoms with E-state index in [0.717, 1.165) is 35.8 Å². The lowest BCUT2D eigenvalue weighted by atomic mass is 10.1. The van der Waals surface area contributed by atoms with E-state index in [0.29, 0.717) is 0 Å². The number of aryl methyl sites for hydroxylation is 2. The molecule has 2 heterocycles. The molecule has 0 saturated carbocycles. The molecule has 0 bridgehead atoms. The molecule has 0 saturated heterocycles. The highest BCUT2D eigenvalue weighted by Gasteiger charge is 2.06. The van der Waals surface area contributed by atoms with Gasteiger partial charge in [0.25, 0.3) is 0 Å². The Labute approximate surface area is 141 Å². The van der Waals surface area contributed by atoms with Crippen LogP contribution in [0.5, 0.6) is 0 Å². The molecule has 24 heavy (non-hydrogen) atoms. The molecule has 0 fully saturated rings. The van der Waals surface area contributed by atoms with Crippen LogP contribution in [0.1, 0.15) is 11.4 Å². The van der Waals surface area contributed by atoms with Crippen molar-refractivity contribution < 1.29 is 0 Å². The quantitative estimate of drug-likeness (QED) is 0.610. The molecule has 4 nitrogen and oxygen atoms in total. The van der Waals surface area contributed by atoms with E-state index in [2.05, 4.69) is 71.2 Å². The number of pyridine rings is 1. The second-order valence-corrected chi connectivity index (χ2v) is 6.07. The third kappa shape index (κ3) is 2.60. The monoisotopic (exact) mass is 316 g/mol. The van der Waals surface area contributed by atoms with Crippen LogP contribution in [0.2, 0.25) is 0 Å². The average Bonchev–Trinajstić information content (AvgIpc) is 2.91. The van der Waals surface area contributed by atoms with E-state index in [1.54, 1.807) is 0 Å². The molecular weight excluding hydrogens is 296 g/mol. The van der Waals surface area contributed by atoms with E-state index >= 15 is 0 Å². The molecule has 1 N–H and O–H groups in total. The summed E-state index contributed by atoms with van der Waals surface area (Å²) in [6.45, 7) is 5.85. The highest BCUT2D eigenvalue weighted by atomic mass is 15.1. The normalized spacial score (nSPS) is 11.2. The first-order valence-electron chi connectivity index (χ1n) is 8.24. The van der Waals surface area contributed by atoms with Gasteiger partial charge in [0, 0.05) is 18.5 Å². The van der Waals surface area contributed by atoms with E-state index in [4.69, 9.17) is 4.98 Å². The minimum Gasteiger partial charge on any atom is -0.368 e. The third-order valence-corrected chi connectivity index (χ3v) is 4.41. The van der Waals surface area contributed by atoms with Gasteiger partial charge in [-0.3, -0.25) is 0 Å². The SMILES string of the molecule is Cc1cc(NCCn2c(C)nc3ccccc32)nc2ccccc12. The zero-order chi connectivity index (χ0) is 16.5. The van der Waals surface area contributed by atoms with Gasteiger partial charge in [-0.25, -0.2) is 9.97 Å². The van der Waals surface area contributed by atoms with Gasteiger partial charge in [0.15, 0.2) is 0 Å². The summed E-state index contributed by atoms with van der Waals surface area (Å²) in [5, 5.41) is 4.66. The maximum atomic E-state index is 4.70. The fourth-order valence-electron chi connectivity index (χ4n) is 3.21. The maximum Gasteiger partial charge on any atom is 0.126 e. The number of para-hydroxylation sites is 3. The molecule has 4 heteroatoms. The van der Waals surface area contributed by atoms with Crippen LogP contribution >= 0.6 is 0 Å². The Hall–Kier alpha value is -2.88. The lowest BCUT2D eigenvalue weighted by Gasteiger charge is -2.11. The number of nitrogens with zero attached hydrogens (tertiary/aromatic N) is 3. The molecule has 120 valence electrons. The molecule has 4 aromatic rings. The number of anilines is 1. The number of aromatic nitrogens is 3. The molecule has 0 atom stereocenters. The molecule has 2 aromatic heterocycles. The minimum atomic E-state index is 0.811. The van der Waals surface area contributed by atoms with Gasteiger partial charge in [-0.2, -0.15) is 0 Å². The van der Waals surface area contributed by atoms with Crippen molar-refractivity contribution in [2.45, 2.75) is 20.4 Å². The minimum absolute atomic E-state index is 0.811. The van der Waals surface area contributed by atoms with E-state index in [1.807, 2.05) is 12.1 Å². The van der Waals surface area contributed by atoms with E-state index in [1.165, 1.54) is 16.5 Å². The Morgan fingerprint density at radius 1 is 0.917 bits per heavy atom. The van der Waals surface area contributed by atoms with Crippen molar-refractivity contribution in [2.75, 3.05) is 11.9 Å². The van der Waals surface area contributed by atoms with E-state index in [-0.39, 0.29) is 0 Å². The summed E-state index contributed by atoms with van der Waals surface area (Å²) in [4.78, 5) is 9.32. The Bertz CT molecular complexity index is 1020. The molecule has 0 aliphatic rings. The van der Waals surface area contributed by atoms with Crippen LogP contribution < -0.4 is 5.32 Å². The highest BCUT2D eigenvalue weighted by molar-refractivity contribution is 5.83. The van der Waals surface area contributed by atoms with Crippen LogP contribution in [0.25, 0.3) is 21.9 Å². The van der Waals surface area contributed by atoms with Gasteiger partial charge >= 0.3 is 0 Å². The molecule has 0 radical (unpaired) electrons. The van der Waals surface area contributed by atoms with Crippen LogP contribution in [-0.2, 0) is 6.54 Å². The Morgan fingerprint density at radius 2 is 1.67 bits per heavy atom. The Balaban J connectivity index is 1.54. The Morgan fingerprint density at radius 3 is 2.54 bits per heavy atom. The fourth-order valence-corrected chi connectivity index (χ4v) is 3.21. The standard InChI is InChI=1S/C20H20N4/c1-14-13-20(23-17-8-4-3-7-16(14)17)21-11-12-24-15(2)22-18-9-5-6-10-19(18)24/h3-10,13H,11-12H2,1-2H3,(H,21,23). The molecule has 2 aromatic carbocycles. The molecular formula is C20H20N4. The molecule has 0 aliphatic heterocycles. The second kappa shape index (κ2) is 5.96. The summed E-state index contributed by atoms with van der Waals surface area (Å²) in [5.74, 6) is 1.97. The number of nitrogens with one attached hydrogen (secondary N) is 1. The van der Waals surface area contributed by atoms with Crippen LogP contribution in [0, 0.1) is 13.8 Å². The second-order valence-electron chi connectivity index (χ2n) is 6.07. The first kappa shape index (κ1) is 14.7. The summed E-state index contributed by atoms with van der Waals surface area (Å²) in [5.41, 5.74) is 4.51. The number of hydrogen-bond donors (Lipinski definition) is 1. The number of hydrogen-bond acceptors (Lipinski definition) is 3.